The minimum atomic E-state index is -2.00. The topological polar surface area (TPSA) is 6.48 Å². The number of para-hydroxylation sites is 4. The summed E-state index contributed by atoms with van der Waals surface area (Å²) >= 11 is 0. The van der Waals surface area contributed by atoms with Crippen LogP contribution in [-0.4, -0.2) is 14.9 Å². The van der Waals surface area contributed by atoms with Gasteiger partial charge in [0.2, 0.25) is 0 Å². The summed E-state index contributed by atoms with van der Waals surface area (Å²) in [6.45, 7) is 9.79. The highest BCUT2D eigenvalue weighted by molar-refractivity contribution is 7.05. The molecule has 52 heavy (non-hydrogen) atoms. The minimum Gasteiger partial charge on any atom is -0.377 e. The Morgan fingerprint density at radius 3 is 1.88 bits per heavy atom. The average molecular weight is 683 g/mol. The maximum Gasteiger partial charge on any atom is 0.333 e. The molecule has 0 spiro atoms. The predicted octanol–water partition coefficient (Wildman–Crippen LogP) is 9.35. The maximum atomic E-state index is 2.75. The number of anilines is 5. The highest BCUT2D eigenvalue weighted by Gasteiger charge is 2.54. The van der Waals surface area contributed by atoms with E-state index in [0.29, 0.717) is 5.92 Å². The third-order valence-electron chi connectivity index (χ3n) is 12.6. The molecule has 4 aliphatic heterocycles. The largest absolute Gasteiger partial charge is 0.377 e. The molecule has 4 heteroatoms. The number of nitrogens with zero attached hydrogens (tertiary/aromatic N) is 2. The van der Waals surface area contributed by atoms with E-state index >= 15 is 0 Å². The Morgan fingerprint density at radius 2 is 1.15 bits per heavy atom. The van der Waals surface area contributed by atoms with E-state index in [2.05, 4.69) is 194 Å². The lowest BCUT2D eigenvalue weighted by atomic mass is 9.42. The molecule has 0 fully saturated rings. The Morgan fingerprint density at radius 1 is 0.538 bits per heavy atom. The van der Waals surface area contributed by atoms with Crippen LogP contribution < -0.4 is 31.0 Å². The van der Waals surface area contributed by atoms with Crippen molar-refractivity contribution in [3.8, 4) is 11.1 Å². The second-order valence-corrected chi connectivity index (χ2v) is 20.2. The molecule has 0 aromatic heterocycles. The van der Waals surface area contributed by atoms with Gasteiger partial charge in [-0.1, -0.05) is 166 Å². The molecule has 7 aromatic carbocycles. The van der Waals surface area contributed by atoms with E-state index in [0.717, 1.165) is 0 Å². The zero-order chi connectivity index (χ0) is 34.9. The molecule has 0 aliphatic carbocycles. The van der Waals surface area contributed by atoms with E-state index in [-0.39, 0.29) is 6.85 Å². The molecule has 0 bridgehead atoms. The summed E-state index contributed by atoms with van der Waals surface area (Å²) in [4.78, 5) is 5.40. The van der Waals surface area contributed by atoms with Crippen LogP contribution in [0.1, 0.15) is 47.6 Å². The summed E-state index contributed by atoms with van der Waals surface area (Å²) in [5.74, 6) is 0.383. The van der Waals surface area contributed by atoms with Crippen LogP contribution in [0.3, 0.4) is 0 Å². The molecule has 0 saturated carbocycles. The van der Waals surface area contributed by atoms with Crippen molar-refractivity contribution >= 4 is 64.7 Å². The van der Waals surface area contributed by atoms with Crippen molar-refractivity contribution in [1.29, 1.82) is 0 Å². The fourth-order valence-electron chi connectivity index (χ4n) is 10.4. The van der Waals surface area contributed by atoms with Crippen LogP contribution in [0.2, 0.25) is 13.1 Å². The SMILES string of the molecule is CC(C)c1cc2c3c(c1)N1c4ccccc4C(c4ccccc4)(c4ccccc4)c4cccc(c41)B3N1c3ccccc3[Si](C)(C)c3cccc-2c31. The van der Waals surface area contributed by atoms with Crippen LogP contribution in [0.5, 0.6) is 0 Å². The van der Waals surface area contributed by atoms with Gasteiger partial charge in [0.15, 0.2) is 0 Å². The summed E-state index contributed by atoms with van der Waals surface area (Å²) in [5.41, 5.74) is 18.3. The van der Waals surface area contributed by atoms with Crippen molar-refractivity contribution in [2.75, 3.05) is 9.71 Å². The van der Waals surface area contributed by atoms with Gasteiger partial charge in [0.25, 0.3) is 0 Å². The third-order valence-corrected chi connectivity index (χ3v) is 16.2. The Kier molecular flexibility index (Phi) is 6.07. The highest BCUT2D eigenvalue weighted by atomic mass is 28.3. The van der Waals surface area contributed by atoms with Crippen LogP contribution >= 0.6 is 0 Å². The molecule has 0 N–H and O–H groups in total. The monoisotopic (exact) mass is 682 g/mol. The van der Waals surface area contributed by atoms with Crippen LogP contribution in [0.4, 0.5) is 28.4 Å². The van der Waals surface area contributed by atoms with Crippen LogP contribution in [0, 0.1) is 0 Å². The first kappa shape index (κ1) is 30.1. The van der Waals surface area contributed by atoms with Gasteiger partial charge in [-0.25, -0.2) is 0 Å². The zero-order valence-corrected chi connectivity index (χ0v) is 31.1. The normalized spacial score (nSPS) is 16.1. The molecule has 248 valence electrons. The number of hydrogen-bond donors (Lipinski definition) is 0. The molecule has 7 aromatic rings. The van der Waals surface area contributed by atoms with E-state index < -0.39 is 13.5 Å². The molecule has 4 heterocycles. The van der Waals surface area contributed by atoms with Gasteiger partial charge in [-0.15, -0.1) is 0 Å². The van der Waals surface area contributed by atoms with Gasteiger partial charge in [-0.3, -0.25) is 0 Å². The lowest BCUT2D eigenvalue weighted by Gasteiger charge is -2.54. The maximum absolute atomic E-state index is 2.75. The van der Waals surface area contributed by atoms with Crippen LogP contribution in [0.15, 0.2) is 158 Å². The average Bonchev–Trinajstić information content (AvgIpc) is 3.19. The summed E-state index contributed by atoms with van der Waals surface area (Å²) in [7, 11) is -2.00. The molecular formula is C48H39BN2Si. The van der Waals surface area contributed by atoms with Gasteiger partial charge in [-0.2, -0.15) is 0 Å². The van der Waals surface area contributed by atoms with E-state index in [1.165, 1.54) is 88.7 Å². The second-order valence-electron chi connectivity index (χ2n) is 15.9. The van der Waals surface area contributed by atoms with Crippen molar-refractivity contribution < 1.29 is 0 Å². The third kappa shape index (κ3) is 3.61. The smallest absolute Gasteiger partial charge is 0.333 e. The Balaban J connectivity index is 1.33. The van der Waals surface area contributed by atoms with Gasteiger partial charge >= 0.3 is 6.85 Å². The van der Waals surface area contributed by atoms with E-state index in [4.69, 9.17) is 0 Å². The van der Waals surface area contributed by atoms with Crippen molar-refractivity contribution in [3.63, 3.8) is 0 Å². The lowest BCUT2D eigenvalue weighted by Crippen LogP contribution is -2.69. The van der Waals surface area contributed by atoms with Gasteiger partial charge in [-0.05, 0) is 78.8 Å². The number of hydrogen-bond acceptors (Lipinski definition) is 2. The Labute approximate surface area is 308 Å². The first-order valence-electron chi connectivity index (χ1n) is 18.8. The van der Waals surface area contributed by atoms with Gasteiger partial charge < -0.3 is 9.71 Å². The summed E-state index contributed by atoms with van der Waals surface area (Å²) in [6, 6.07) is 60.4. The standard InChI is InChI=1S/C48H39BN2Si/c1-31(2)32-29-36-35-21-15-28-44-46(35)51(41-26-13-14-27-43(41)52(44,3)4)49-39-24-16-23-38-47(39)50(42(30-32)45(36)49)40-25-12-11-22-37(40)48(38,33-17-7-5-8-18-33)34-19-9-6-10-20-34/h5-31H,1-4H3. The predicted molar refractivity (Wildman–Crippen MR) is 223 cm³/mol. The molecule has 0 saturated heterocycles. The first-order valence-corrected chi connectivity index (χ1v) is 21.8. The molecule has 0 radical (unpaired) electrons. The highest BCUT2D eigenvalue weighted by Crippen LogP contribution is 2.59. The Bertz CT molecular complexity index is 2570. The Hall–Kier alpha value is -5.58. The summed E-state index contributed by atoms with van der Waals surface area (Å²) < 4.78 is 0. The van der Waals surface area contributed by atoms with Crippen molar-refractivity contribution in [2.24, 2.45) is 0 Å². The molecule has 0 atom stereocenters. The van der Waals surface area contributed by atoms with Gasteiger partial charge in [0.05, 0.1) is 11.1 Å². The second kappa shape index (κ2) is 10.5. The van der Waals surface area contributed by atoms with Crippen molar-refractivity contribution in [3.05, 3.63) is 186 Å². The molecule has 0 amide bonds. The van der Waals surface area contributed by atoms with E-state index in [1.54, 1.807) is 0 Å². The number of fused-ring (bicyclic) bond motifs is 8. The molecule has 4 aliphatic rings. The number of rotatable bonds is 3. The van der Waals surface area contributed by atoms with E-state index in [1.807, 2.05) is 0 Å². The van der Waals surface area contributed by atoms with Crippen LogP contribution in [0.25, 0.3) is 11.1 Å². The molecular weight excluding hydrogens is 643 g/mol. The molecule has 2 nitrogen and oxygen atoms in total. The molecule has 11 rings (SSSR count). The van der Waals surface area contributed by atoms with Crippen LogP contribution in [-0.2, 0) is 5.41 Å². The van der Waals surface area contributed by atoms with Crippen molar-refractivity contribution in [2.45, 2.75) is 38.3 Å². The summed E-state index contributed by atoms with van der Waals surface area (Å²) in [6.07, 6.45) is 0. The minimum absolute atomic E-state index is 0.0202. The zero-order valence-electron chi connectivity index (χ0n) is 30.1. The summed E-state index contributed by atoms with van der Waals surface area (Å²) in [5, 5.41) is 3.05. The van der Waals surface area contributed by atoms with Gasteiger partial charge in [0, 0.05) is 28.3 Å². The quantitative estimate of drug-likeness (QED) is 0.172. The fourth-order valence-corrected chi connectivity index (χ4v) is 13.4. The van der Waals surface area contributed by atoms with E-state index in [9.17, 15) is 0 Å². The lowest BCUT2D eigenvalue weighted by molar-refractivity contribution is 0.732. The first-order chi connectivity index (χ1) is 25.4. The number of benzene rings is 7. The fraction of sp³-hybridized carbons (Fsp3) is 0.125. The molecule has 0 unspecified atom stereocenters. The van der Waals surface area contributed by atoms with Crippen molar-refractivity contribution in [1.82, 2.24) is 0 Å². The van der Waals surface area contributed by atoms with Gasteiger partial charge in [0.1, 0.15) is 8.07 Å².